The number of carbonyl (C=O) groups is 1. The molecular formula is C14H19NO4S. The van der Waals surface area contributed by atoms with E-state index in [0.29, 0.717) is 24.9 Å². The van der Waals surface area contributed by atoms with E-state index in [4.69, 9.17) is 5.11 Å². The molecule has 20 heavy (non-hydrogen) atoms. The molecule has 0 aromatic heterocycles. The van der Waals surface area contributed by atoms with E-state index in [0.717, 1.165) is 15.4 Å². The van der Waals surface area contributed by atoms with Crippen LogP contribution in [0, 0.1) is 13.8 Å². The molecule has 1 saturated heterocycles. The molecule has 1 atom stereocenters. The number of carboxylic acids is 1. The van der Waals surface area contributed by atoms with Crippen LogP contribution in [0.1, 0.15) is 29.5 Å². The smallest absolute Gasteiger partial charge is 0.322 e. The number of nitrogens with zero attached hydrogens (tertiary/aromatic N) is 1. The zero-order chi connectivity index (χ0) is 14.9. The summed E-state index contributed by atoms with van der Waals surface area (Å²) in [6.45, 7) is 4.19. The lowest BCUT2D eigenvalue weighted by Crippen LogP contribution is -2.40. The van der Waals surface area contributed by atoms with Crippen LogP contribution in [-0.2, 0) is 20.6 Å². The van der Waals surface area contributed by atoms with Crippen molar-refractivity contribution in [1.82, 2.24) is 4.31 Å². The minimum Gasteiger partial charge on any atom is -0.480 e. The van der Waals surface area contributed by atoms with Crippen molar-refractivity contribution < 1.29 is 18.3 Å². The summed E-state index contributed by atoms with van der Waals surface area (Å²) in [6, 6.07) is 4.61. The Morgan fingerprint density at radius 2 is 2.05 bits per heavy atom. The molecular weight excluding hydrogens is 278 g/mol. The molecule has 1 aliphatic rings. The Bertz CT molecular complexity index is 624. The van der Waals surface area contributed by atoms with Crippen molar-refractivity contribution in [3.8, 4) is 0 Å². The second-order valence-corrected chi connectivity index (χ2v) is 7.20. The van der Waals surface area contributed by atoms with Crippen LogP contribution < -0.4 is 0 Å². The molecule has 2 rings (SSSR count). The highest BCUT2D eigenvalue weighted by Gasteiger charge is 2.38. The summed E-state index contributed by atoms with van der Waals surface area (Å²) in [5.74, 6) is -1.20. The number of carboxylic acid groups (broad SMARTS) is 1. The van der Waals surface area contributed by atoms with Gasteiger partial charge >= 0.3 is 5.97 Å². The van der Waals surface area contributed by atoms with E-state index < -0.39 is 22.0 Å². The van der Waals surface area contributed by atoms with Gasteiger partial charge in [0.25, 0.3) is 0 Å². The fourth-order valence-corrected chi connectivity index (χ4v) is 4.26. The first-order valence-electron chi connectivity index (χ1n) is 6.60. The van der Waals surface area contributed by atoms with Gasteiger partial charge in [0, 0.05) is 6.54 Å². The van der Waals surface area contributed by atoms with Gasteiger partial charge in [0.1, 0.15) is 6.04 Å². The average Bonchev–Trinajstić information content (AvgIpc) is 2.83. The van der Waals surface area contributed by atoms with Crippen LogP contribution in [0.4, 0.5) is 0 Å². The van der Waals surface area contributed by atoms with Gasteiger partial charge in [-0.15, -0.1) is 0 Å². The van der Waals surface area contributed by atoms with Crippen molar-refractivity contribution in [1.29, 1.82) is 0 Å². The van der Waals surface area contributed by atoms with Crippen molar-refractivity contribution >= 4 is 16.0 Å². The predicted molar refractivity (Wildman–Crippen MR) is 75.9 cm³/mol. The van der Waals surface area contributed by atoms with Gasteiger partial charge in [-0.2, -0.15) is 4.31 Å². The van der Waals surface area contributed by atoms with Crippen LogP contribution in [0.2, 0.25) is 0 Å². The highest BCUT2D eigenvalue weighted by molar-refractivity contribution is 7.88. The maximum absolute atomic E-state index is 12.4. The molecule has 0 amide bonds. The summed E-state index contributed by atoms with van der Waals surface area (Å²) in [7, 11) is -3.58. The van der Waals surface area contributed by atoms with E-state index in [1.165, 1.54) is 0 Å². The highest BCUT2D eigenvalue weighted by atomic mass is 32.2. The van der Waals surface area contributed by atoms with Crippen molar-refractivity contribution in [2.45, 2.75) is 38.5 Å². The van der Waals surface area contributed by atoms with Crippen LogP contribution >= 0.6 is 0 Å². The molecule has 1 heterocycles. The van der Waals surface area contributed by atoms with E-state index in [-0.39, 0.29) is 5.75 Å². The Kier molecular flexibility index (Phi) is 4.15. The quantitative estimate of drug-likeness (QED) is 0.917. The third-order valence-corrected chi connectivity index (χ3v) is 5.62. The number of sulfonamides is 1. The molecule has 1 unspecified atom stereocenters. The molecule has 1 aromatic carbocycles. The fraction of sp³-hybridized carbons (Fsp3) is 0.500. The first kappa shape index (κ1) is 15.0. The van der Waals surface area contributed by atoms with Gasteiger partial charge in [0.2, 0.25) is 10.0 Å². The number of hydrogen-bond donors (Lipinski definition) is 1. The second kappa shape index (κ2) is 5.54. The number of hydrogen-bond acceptors (Lipinski definition) is 3. The van der Waals surface area contributed by atoms with E-state index in [1.54, 1.807) is 6.07 Å². The van der Waals surface area contributed by atoms with Crippen LogP contribution in [0.25, 0.3) is 0 Å². The summed E-state index contributed by atoms with van der Waals surface area (Å²) in [5.41, 5.74) is 2.84. The Balaban J connectivity index is 2.22. The van der Waals surface area contributed by atoms with Gasteiger partial charge in [-0.25, -0.2) is 8.42 Å². The Morgan fingerprint density at radius 3 is 2.65 bits per heavy atom. The normalized spacial score (nSPS) is 20.2. The molecule has 0 saturated carbocycles. The molecule has 0 aliphatic carbocycles. The van der Waals surface area contributed by atoms with Gasteiger partial charge in [-0.3, -0.25) is 4.79 Å². The molecule has 110 valence electrons. The molecule has 1 N–H and O–H groups in total. The third-order valence-electron chi connectivity index (χ3n) is 3.77. The summed E-state index contributed by atoms with van der Waals surface area (Å²) < 4.78 is 25.9. The largest absolute Gasteiger partial charge is 0.480 e. The number of aryl methyl sites for hydroxylation is 2. The summed E-state index contributed by atoms with van der Waals surface area (Å²) in [5, 5.41) is 9.09. The van der Waals surface area contributed by atoms with Crippen LogP contribution in [0.15, 0.2) is 18.2 Å². The molecule has 6 heteroatoms. The lowest BCUT2D eigenvalue weighted by atomic mass is 10.1. The predicted octanol–water partition coefficient (Wildman–Crippen LogP) is 1.68. The van der Waals surface area contributed by atoms with Gasteiger partial charge in [-0.1, -0.05) is 18.2 Å². The maximum atomic E-state index is 12.4. The minimum atomic E-state index is -3.58. The summed E-state index contributed by atoms with van der Waals surface area (Å²) in [6.07, 6.45) is 0.991. The molecule has 0 spiro atoms. The Morgan fingerprint density at radius 1 is 1.35 bits per heavy atom. The maximum Gasteiger partial charge on any atom is 0.322 e. The standard InChI is InChI=1S/C14H19NO4S/c1-10-5-6-12(8-11(10)2)9-20(18,19)15-7-3-4-13(15)14(16)17/h5-6,8,13H,3-4,7,9H2,1-2H3,(H,16,17). The Labute approximate surface area is 119 Å². The molecule has 0 bridgehead atoms. The van der Waals surface area contributed by atoms with Crippen LogP contribution in [0.3, 0.4) is 0 Å². The lowest BCUT2D eigenvalue weighted by molar-refractivity contribution is -0.140. The van der Waals surface area contributed by atoms with Crippen LogP contribution in [0.5, 0.6) is 0 Å². The summed E-state index contributed by atoms with van der Waals surface area (Å²) >= 11 is 0. The second-order valence-electron chi connectivity index (χ2n) is 5.28. The van der Waals surface area contributed by atoms with Gasteiger partial charge < -0.3 is 5.11 Å². The Hall–Kier alpha value is -1.40. The van der Waals surface area contributed by atoms with Gasteiger partial charge in [-0.05, 0) is 43.4 Å². The van der Waals surface area contributed by atoms with E-state index in [1.807, 2.05) is 26.0 Å². The van der Waals surface area contributed by atoms with Crippen molar-refractivity contribution in [2.75, 3.05) is 6.54 Å². The van der Waals surface area contributed by atoms with Crippen molar-refractivity contribution in [2.24, 2.45) is 0 Å². The molecule has 1 aliphatic heterocycles. The lowest BCUT2D eigenvalue weighted by Gasteiger charge is -2.21. The molecule has 1 aromatic rings. The van der Waals surface area contributed by atoms with Crippen LogP contribution in [-0.4, -0.2) is 36.4 Å². The molecule has 5 nitrogen and oxygen atoms in total. The topological polar surface area (TPSA) is 74.7 Å². The fourth-order valence-electron chi connectivity index (χ4n) is 2.51. The molecule has 1 fully saturated rings. The summed E-state index contributed by atoms with van der Waals surface area (Å²) in [4.78, 5) is 11.1. The van der Waals surface area contributed by atoms with E-state index in [9.17, 15) is 13.2 Å². The number of benzene rings is 1. The molecule has 0 radical (unpaired) electrons. The van der Waals surface area contributed by atoms with E-state index >= 15 is 0 Å². The first-order chi connectivity index (χ1) is 9.31. The first-order valence-corrected chi connectivity index (χ1v) is 8.20. The highest BCUT2D eigenvalue weighted by Crippen LogP contribution is 2.24. The van der Waals surface area contributed by atoms with E-state index in [2.05, 4.69) is 0 Å². The van der Waals surface area contributed by atoms with Crippen molar-refractivity contribution in [3.63, 3.8) is 0 Å². The van der Waals surface area contributed by atoms with Gasteiger partial charge in [0.15, 0.2) is 0 Å². The number of aliphatic carboxylic acids is 1. The average molecular weight is 297 g/mol. The number of rotatable bonds is 4. The minimum absolute atomic E-state index is 0.141. The van der Waals surface area contributed by atoms with Crippen molar-refractivity contribution in [3.05, 3.63) is 34.9 Å². The zero-order valence-corrected chi connectivity index (χ0v) is 12.5. The monoisotopic (exact) mass is 297 g/mol. The van der Waals surface area contributed by atoms with Gasteiger partial charge in [0.05, 0.1) is 5.75 Å². The SMILES string of the molecule is Cc1ccc(CS(=O)(=O)N2CCCC2C(=O)O)cc1C. The zero-order valence-electron chi connectivity index (χ0n) is 11.7. The third kappa shape index (κ3) is 3.02.